The monoisotopic (exact) mass is 472 g/mol. The number of anilines is 2. The Hall–Kier alpha value is -4.01. The smallest absolute Gasteiger partial charge is 0.322 e. The van der Waals surface area contributed by atoms with Crippen molar-refractivity contribution in [3.63, 3.8) is 0 Å². The summed E-state index contributed by atoms with van der Waals surface area (Å²) < 4.78 is 0. The maximum atomic E-state index is 13.0. The molecular formula is C26H28N6O3. The van der Waals surface area contributed by atoms with E-state index in [4.69, 9.17) is 9.97 Å². The van der Waals surface area contributed by atoms with Gasteiger partial charge in [-0.05, 0) is 30.9 Å². The van der Waals surface area contributed by atoms with Crippen LogP contribution in [-0.2, 0) is 13.0 Å². The molecule has 0 spiro atoms. The minimum atomic E-state index is -0.459. The van der Waals surface area contributed by atoms with Gasteiger partial charge in [0.15, 0.2) is 5.82 Å². The highest BCUT2D eigenvalue weighted by atomic mass is 16.6. The van der Waals surface area contributed by atoms with E-state index < -0.39 is 4.92 Å². The number of carbonyl (C=O) groups excluding carboxylic acids is 1. The molecule has 9 heteroatoms. The molecule has 3 aromatic rings. The fourth-order valence-electron chi connectivity index (χ4n) is 4.64. The Morgan fingerprint density at radius 3 is 2.43 bits per heavy atom. The molecule has 2 aliphatic heterocycles. The van der Waals surface area contributed by atoms with Crippen LogP contribution in [0.5, 0.6) is 0 Å². The minimum absolute atomic E-state index is 0.0123. The summed E-state index contributed by atoms with van der Waals surface area (Å²) in [4.78, 5) is 37.5. The second-order valence-corrected chi connectivity index (χ2v) is 9.24. The number of urea groups is 1. The number of benzene rings is 2. The fourth-order valence-corrected chi connectivity index (χ4v) is 4.64. The first-order valence-electron chi connectivity index (χ1n) is 12.0. The summed E-state index contributed by atoms with van der Waals surface area (Å²) in [6.07, 6.45) is 2.87. The second-order valence-electron chi connectivity index (χ2n) is 9.24. The average molecular weight is 473 g/mol. The molecule has 1 N–H and O–H groups in total. The number of fused-ring (bicyclic) bond motifs is 1. The van der Waals surface area contributed by atoms with E-state index in [0.29, 0.717) is 31.1 Å². The van der Waals surface area contributed by atoms with Crippen molar-refractivity contribution in [1.29, 1.82) is 0 Å². The third kappa shape index (κ3) is 4.94. The Bertz CT molecular complexity index is 1220. The molecule has 9 nitrogen and oxygen atoms in total. The van der Waals surface area contributed by atoms with Crippen molar-refractivity contribution in [3.05, 3.63) is 76.0 Å². The third-order valence-electron chi connectivity index (χ3n) is 6.77. The number of rotatable bonds is 4. The van der Waals surface area contributed by atoms with E-state index in [1.165, 1.54) is 12.1 Å². The fraction of sp³-hybridized carbons (Fsp3) is 0.346. The number of hydrogen-bond donors (Lipinski definition) is 1. The van der Waals surface area contributed by atoms with Crippen LogP contribution in [0.3, 0.4) is 0 Å². The number of nitro benzene ring substituents is 1. The lowest BCUT2D eigenvalue weighted by Crippen LogP contribution is -2.41. The Labute approximate surface area is 204 Å². The van der Waals surface area contributed by atoms with Gasteiger partial charge in [0, 0.05) is 55.0 Å². The molecule has 2 aromatic carbocycles. The van der Waals surface area contributed by atoms with Gasteiger partial charge in [-0.15, -0.1) is 0 Å². The molecule has 0 saturated carbocycles. The first-order chi connectivity index (χ1) is 17.0. The van der Waals surface area contributed by atoms with Gasteiger partial charge in [-0.3, -0.25) is 10.1 Å². The molecular weight excluding hydrogens is 444 g/mol. The van der Waals surface area contributed by atoms with Gasteiger partial charge in [-0.1, -0.05) is 37.3 Å². The van der Waals surface area contributed by atoms with Crippen LogP contribution >= 0.6 is 0 Å². The highest BCUT2D eigenvalue weighted by molar-refractivity contribution is 5.89. The van der Waals surface area contributed by atoms with Crippen LogP contribution in [0.25, 0.3) is 11.4 Å². The standard InChI is InChI=1S/C26H28N6O3/c1-18-11-14-30(15-12-18)25-22-17-31(26(33)27-20-7-9-21(10-8-20)32(34)35)16-13-23(22)28-24(29-25)19-5-3-2-4-6-19/h2-10,18H,11-17H2,1H3,(H,27,33). The van der Waals surface area contributed by atoms with E-state index in [9.17, 15) is 14.9 Å². The number of piperidine rings is 1. The molecule has 2 aliphatic rings. The lowest BCUT2D eigenvalue weighted by molar-refractivity contribution is -0.384. The molecule has 1 saturated heterocycles. The number of hydrogen-bond acceptors (Lipinski definition) is 6. The number of aromatic nitrogens is 2. The van der Waals surface area contributed by atoms with E-state index in [-0.39, 0.29) is 11.7 Å². The van der Waals surface area contributed by atoms with E-state index in [0.717, 1.165) is 54.4 Å². The van der Waals surface area contributed by atoms with Gasteiger partial charge >= 0.3 is 6.03 Å². The van der Waals surface area contributed by atoms with Crippen molar-refractivity contribution < 1.29 is 9.72 Å². The number of nitrogens with zero attached hydrogens (tertiary/aromatic N) is 5. The van der Waals surface area contributed by atoms with Crippen molar-refractivity contribution in [3.8, 4) is 11.4 Å². The van der Waals surface area contributed by atoms with Crippen molar-refractivity contribution in [2.24, 2.45) is 5.92 Å². The van der Waals surface area contributed by atoms with E-state index >= 15 is 0 Å². The number of amides is 2. The minimum Gasteiger partial charge on any atom is -0.356 e. The highest BCUT2D eigenvalue weighted by Crippen LogP contribution is 2.32. The molecule has 0 aliphatic carbocycles. The van der Waals surface area contributed by atoms with Crippen LogP contribution in [0.1, 0.15) is 31.0 Å². The van der Waals surface area contributed by atoms with Crippen molar-refractivity contribution in [1.82, 2.24) is 14.9 Å². The Morgan fingerprint density at radius 1 is 1.03 bits per heavy atom. The molecule has 1 aromatic heterocycles. The molecule has 2 amide bonds. The normalized spacial score (nSPS) is 16.0. The van der Waals surface area contributed by atoms with Crippen LogP contribution in [0.15, 0.2) is 54.6 Å². The summed E-state index contributed by atoms with van der Waals surface area (Å²) in [7, 11) is 0. The molecule has 0 bridgehead atoms. The SMILES string of the molecule is CC1CCN(c2nc(-c3ccccc3)nc3c2CN(C(=O)Nc2ccc([N+](=O)[O-])cc2)CC3)CC1. The summed E-state index contributed by atoms with van der Waals surface area (Å²) >= 11 is 0. The number of carbonyl (C=O) groups is 1. The van der Waals surface area contributed by atoms with Crippen LogP contribution in [0.2, 0.25) is 0 Å². The number of nitro groups is 1. The average Bonchev–Trinajstić information content (AvgIpc) is 2.89. The van der Waals surface area contributed by atoms with Gasteiger partial charge in [0.25, 0.3) is 5.69 Å². The molecule has 3 heterocycles. The third-order valence-corrected chi connectivity index (χ3v) is 6.77. The molecule has 0 atom stereocenters. The molecule has 35 heavy (non-hydrogen) atoms. The van der Waals surface area contributed by atoms with Gasteiger partial charge < -0.3 is 15.1 Å². The lowest BCUT2D eigenvalue weighted by atomic mass is 9.98. The molecule has 0 unspecified atom stereocenters. The number of non-ortho nitro benzene ring substituents is 1. The largest absolute Gasteiger partial charge is 0.356 e. The Morgan fingerprint density at radius 2 is 1.74 bits per heavy atom. The van der Waals surface area contributed by atoms with Gasteiger partial charge in [-0.2, -0.15) is 0 Å². The van der Waals surface area contributed by atoms with Crippen molar-refractivity contribution >= 4 is 23.2 Å². The maximum absolute atomic E-state index is 13.0. The predicted octanol–water partition coefficient (Wildman–Crippen LogP) is 4.88. The zero-order chi connectivity index (χ0) is 24.4. The van der Waals surface area contributed by atoms with Gasteiger partial charge in [0.1, 0.15) is 5.82 Å². The van der Waals surface area contributed by atoms with E-state index in [2.05, 4.69) is 17.1 Å². The van der Waals surface area contributed by atoms with Crippen molar-refractivity contribution in [2.75, 3.05) is 29.9 Å². The molecule has 180 valence electrons. The summed E-state index contributed by atoms with van der Waals surface area (Å²) in [6, 6.07) is 15.6. The van der Waals surface area contributed by atoms with Crippen LogP contribution < -0.4 is 10.2 Å². The van der Waals surface area contributed by atoms with Crippen LogP contribution in [0.4, 0.5) is 22.0 Å². The quantitative estimate of drug-likeness (QED) is 0.429. The Balaban J connectivity index is 1.41. The molecule has 5 rings (SSSR count). The summed E-state index contributed by atoms with van der Waals surface area (Å²) in [6.45, 7) is 5.12. The first kappa shape index (κ1) is 22.8. The number of nitrogens with one attached hydrogen (secondary N) is 1. The van der Waals surface area contributed by atoms with Crippen molar-refractivity contribution in [2.45, 2.75) is 32.7 Å². The highest BCUT2D eigenvalue weighted by Gasteiger charge is 2.29. The topological polar surface area (TPSA) is 104 Å². The molecule has 0 radical (unpaired) electrons. The van der Waals surface area contributed by atoms with Gasteiger partial charge in [-0.25, -0.2) is 14.8 Å². The zero-order valence-electron chi connectivity index (χ0n) is 19.7. The van der Waals surface area contributed by atoms with Gasteiger partial charge in [0.05, 0.1) is 17.2 Å². The predicted molar refractivity (Wildman–Crippen MR) is 134 cm³/mol. The first-order valence-corrected chi connectivity index (χ1v) is 12.0. The summed E-state index contributed by atoms with van der Waals surface area (Å²) in [5.41, 5.74) is 3.49. The van der Waals surface area contributed by atoms with Crippen LogP contribution in [0, 0.1) is 16.0 Å². The van der Waals surface area contributed by atoms with E-state index in [1.807, 2.05) is 30.3 Å². The summed E-state index contributed by atoms with van der Waals surface area (Å²) in [5.74, 6) is 2.34. The van der Waals surface area contributed by atoms with E-state index in [1.54, 1.807) is 17.0 Å². The Kier molecular flexibility index (Phi) is 6.31. The lowest BCUT2D eigenvalue weighted by Gasteiger charge is -2.36. The second kappa shape index (κ2) is 9.69. The molecule has 1 fully saturated rings. The zero-order valence-corrected chi connectivity index (χ0v) is 19.7. The van der Waals surface area contributed by atoms with Gasteiger partial charge in [0.2, 0.25) is 0 Å². The summed E-state index contributed by atoms with van der Waals surface area (Å²) in [5, 5.41) is 13.7. The maximum Gasteiger partial charge on any atom is 0.322 e. The van der Waals surface area contributed by atoms with Crippen LogP contribution in [-0.4, -0.2) is 45.5 Å².